The Morgan fingerprint density at radius 1 is 1.64 bits per heavy atom. The summed E-state index contributed by atoms with van der Waals surface area (Å²) in [6.45, 7) is 1.58. The van der Waals surface area contributed by atoms with Crippen LogP contribution in [0.15, 0.2) is 18.2 Å². The Bertz CT molecular complexity index is 409. The minimum Gasteiger partial charge on any atom is -0.481 e. The highest BCUT2D eigenvalue weighted by atomic mass is 127. The summed E-state index contributed by atoms with van der Waals surface area (Å²) in [6.07, 6.45) is 0. The van der Waals surface area contributed by atoms with Crippen LogP contribution in [0.25, 0.3) is 0 Å². The van der Waals surface area contributed by atoms with Crippen LogP contribution in [-0.4, -0.2) is 11.1 Å². The van der Waals surface area contributed by atoms with Crippen LogP contribution in [0, 0.1) is 14.9 Å². The van der Waals surface area contributed by atoms with Crippen LogP contribution in [-0.2, 0) is 4.79 Å². The van der Waals surface area contributed by atoms with Crippen LogP contribution in [0.3, 0.4) is 0 Å². The number of carboxylic acids is 1. The van der Waals surface area contributed by atoms with Crippen molar-refractivity contribution < 1.29 is 9.90 Å². The standard InChI is InChI=1S/C10H8INO2/c1-6(10(13)14)7-3-2-4-9(11)8(7)5-12/h2-4,6H,1H3,(H,13,14). The zero-order valence-electron chi connectivity index (χ0n) is 7.49. The normalized spacial score (nSPS) is 11.8. The molecule has 0 aliphatic carbocycles. The molecule has 1 atom stereocenters. The third-order valence-electron chi connectivity index (χ3n) is 1.99. The van der Waals surface area contributed by atoms with Crippen molar-refractivity contribution in [3.63, 3.8) is 0 Å². The number of halogens is 1. The first kappa shape index (κ1) is 11.0. The topological polar surface area (TPSA) is 61.1 Å². The smallest absolute Gasteiger partial charge is 0.310 e. The minimum atomic E-state index is -0.913. The molecule has 0 heterocycles. The molecule has 14 heavy (non-hydrogen) atoms. The summed E-state index contributed by atoms with van der Waals surface area (Å²) in [5, 5.41) is 17.7. The lowest BCUT2D eigenvalue weighted by molar-refractivity contribution is -0.138. The molecular formula is C10H8INO2. The first-order valence-corrected chi connectivity index (χ1v) is 5.07. The molecule has 0 saturated heterocycles. The highest BCUT2D eigenvalue weighted by Gasteiger charge is 2.18. The number of nitrogens with zero attached hydrogens (tertiary/aromatic N) is 1. The van der Waals surface area contributed by atoms with Gasteiger partial charge in [0, 0.05) is 3.57 Å². The zero-order valence-corrected chi connectivity index (χ0v) is 9.65. The number of hydrogen-bond acceptors (Lipinski definition) is 2. The van der Waals surface area contributed by atoms with Crippen LogP contribution in [0.4, 0.5) is 0 Å². The Labute approximate surface area is 95.5 Å². The van der Waals surface area contributed by atoms with E-state index in [0.717, 1.165) is 3.57 Å². The van der Waals surface area contributed by atoms with Gasteiger partial charge in [0.15, 0.2) is 0 Å². The average molecular weight is 301 g/mol. The van der Waals surface area contributed by atoms with Gasteiger partial charge in [0.2, 0.25) is 0 Å². The van der Waals surface area contributed by atoms with E-state index in [4.69, 9.17) is 10.4 Å². The van der Waals surface area contributed by atoms with Crippen molar-refractivity contribution >= 4 is 28.6 Å². The number of carbonyl (C=O) groups is 1. The molecule has 72 valence electrons. The minimum absolute atomic E-state index is 0.461. The van der Waals surface area contributed by atoms with Crippen molar-refractivity contribution in [1.82, 2.24) is 0 Å². The second-order valence-electron chi connectivity index (χ2n) is 2.88. The molecule has 0 saturated carbocycles. The van der Waals surface area contributed by atoms with E-state index in [0.29, 0.717) is 11.1 Å². The Hall–Kier alpha value is -1.09. The van der Waals surface area contributed by atoms with Gasteiger partial charge in [-0.1, -0.05) is 12.1 Å². The van der Waals surface area contributed by atoms with E-state index >= 15 is 0 Å². The zero-order chi connectivity index (χ0) is 10.7. The fourth-order valence-corrected chi connectivity index (χ4v) is 1.79. The SMILES string of the molecule is CC(C(=O)O)c1cccc(I)c1C#N. The van der Waals surface area contributed by atoms with Gasteiger partial charge in [0.1, 0.15) is 6.07 Å². The fourth-order valence-electron chi connectivity index (χ4n) is 1.15. The average Bonchev–Trinajstić information content (AvgIpc) is 2.16. The van der Waals surface area contributed by atoms with Gasteiger partial charge in [0.05, 0.1) is 11.5 Å². The molecule has 0 amide bonds. The number of carboxylic acid groups (broad SMARTS) is 1. The maximum Gasteiger partial charge on any atom is 0.310 e. The predicted molar refractivity (Wildman–Crippen MR) is 59.9 cm³/mol. The molecule has 0 radical (unpaired) electrons. The molecule has 1 unspecified atom stereocenters. The molecule has 1 aromatic rings. The van der Waals surface area contributed by atoms with Gasteiger partial charge in [-0.2, -0.15) is 5.26 Å². The van der Waals surface area contributed by atoms with Crippen LogP contribution >= 0.6 is 22.6 Å². The molecule has 0 fully saturated rings. The van der Waals surface area contributed by atoms with Crippen molar-refractivity contribution in [2.75, 3.05) is 0 Å². The Morgan fingerprint density at radius 3 is 2.79 bits per heavy atom. The predicted octanol–water partition coefficient (Wildman–Crippen LogP) is 2.35. The summed E-state index contributed by atoms with van der Waals surface area (Å²) in [6, 6.07) is 7.26. The summed E-state index contributed by atoms with van der Waals surface area (Å²) in [5.41, 5.74) is 1.04. The molecule has 0 aromatic heterocycles. The van der Waals surface area contributed by atoms with E-state index < -0.39 is 11.9 Å². The van der Waals surface area contributed by atoms with Gasteiger partial charge < -0.3 is 5.11 Å². The molecule has 0 aliphatic heterocycles. The highest BCUT2D eigenvalue weighted by molar-refractivity contribution is 14.1. The van der Waals surface area contributed by atoms with Gasteiger partial charge in [0.25, 0.3) is 0 Å². The molecule has 3 nitrogen and oxygen atoms in total. The summed E-state index contributed by atoms with van der Waals surface area (Å²) in [5.74, 6) is -1.55. The lowest BCUT2D eigenvalue weighted by Gasteiger charge is -2.09. The van der Waals surface area contributed by atoms with Crippen LogP contribution in [0.5, 0.6) is 0 Å². The van der Waals surface area contributed by atoms with Gasteiger partial charge in [-0.25, -0.2) is 0 Å². The molecule has 1 rings (SSSR count). The number of aliphatic carboxylic acids is 1. The lowest BCUT2D eigenvalue weighted by atomic mass is 9.96. The first-order valence-electron chi connectivity index (χ1n) is 3.99. The number of rotatable bonds is 2. The summed E-state index contributed by atoms with van der Waals surface area (Å²) in [4.78, 5) is 10.8. The largest absolute Gasteiger partial charge is 0.481 e. The molecule has 0 aliphatic rings. The van der Waals surface area contributed by atoms with E-state index in [9.17, 15) is 4.79 Å². The van der Waals surface area contributed by atoms with Gasteiger partial charge in [-0.15, -0.1) is 0 Å². The van der Waals surface area contributed by atoms with E-state index in [1.165, 1.54) is 0 Å². The second-order valence-corrected chi connectivity index (χ2v) is 4.04. The van der Waals surface area contributed by atoms with Gasteiger partial charge >= 0.3 is 5.97 Å². The van der Waals surface area contributed by atoms with E-state index in [1.807, 2.05) is 28.7 Å². The third kappa shape index (κ3) is 2.04. The Morgan fingerprint density at radius 2 is 2.29 bits per heavy atom. The molecule has 0 bridgehead atoms. The summed E-state index contributed by atoms with van der Waals surface area (Å²) in [7, 11) is 0. The van der Waals surface area contributed by atoms with Gasteiger partial charge in [-0.3, -0.25) is 4.79 Å². The van der Waals surface area contributed by atoms with Crippen LogP contribution in [0.2, 0.25) is 0 Å². The third-order valence-corrected chi connectivity index (χ3v) is 2.89. The summed E-state index contributed by atoms with van der Waals surface area (Å²) >= 11 is 2.03. The fraction of sp³-hybridized carbons (Fsp3) is 0.200. The highest BCUT2D eigenvalue weighted by Crippen LogP contribution is 2.23. The summed E-state index contributed by atoms with van der Waals surface area (Å²) < 4.78 is 0.788. The molecule has 1 N–H and O–H groups in total. The molecule has 0 spiro atoms. The maximum atomic E-state index is 10.8. The Balaban J connectivity index is 3.29. The number of benzene rings is 1. The van der Waals surface area contributed by atoms with Crippen LogP contribution in [0.1, 0.15) is 24.0 Å². The van der Waals surface area contributed by atoms with Crippen LogP contribution < -0.4 is 0 Å². The van der Waals surface area contributed by atoms with E-state index in [-0.39, 0.29) is 0 Å². The molecular weight excluding hydrogens is 293 g/mol. The monoisotopic (exact) mass is 301 g/mol. The van der Waals surface area contributed by atoms with E-state index in [1.54, 1.807) is 25.1 Å². The molecule has 4 heteroatoms. The second kappa shape index (κ2) is 4.42. The quantitative estimate of drug-likeness (QED) is 0.853. The maximum absolute atomic E-state index is 10.8. The van der Waals surface area contributed by atoms with Crippen molar-refractivity contribution in [3.8, 4) is 6.07 Å². The van der Waals surface area contributed by atoms with Crippen molar-refractivity contribution in [3.05, 3.63) is 32.9 Å². The van der Waals surface area contributed by atoms with Crippen molar-refractivity contribution in [1.29, 1.82) is 5.26 Å². The lowest BCUT2D eigenvalue weighted by Crippen LogP contribution is -2.09. The van der Waals surface area contributed by atoms with Crippen molar-refractivity contribution in [2.45, 2.75) is 12.8 Å². The molecule has 1 aromatic carbocycles. The number of nitriles is 1. The van der Waals surface area contributed by atoms with Crippen molar-refractivity contribution in [2.24, 2.45) is 0 Å². The number of hydrogen-bond donors (Lipinski definition) is 1. The Kier molecular flexibility index (Phi) is 3.47. The van der Waals surface area contributed by atoms with E-state index in [2.05, 4.69) is 0 Å². The first-order chi connectivity index (χ1) is 6.57. The van der Waals surface area contributed by atoms with Gasteiger partial charge in [-0.05, 0) is 41.1 Å².